The maximum absolute atomic E-state index is 13.8. The van der Waals surface area contributed by atoms with Crippen molar-refractivity contribution in [2.24, 2.45) is 0 Å². The van der Waals surface area contributed by atoms with Crippen molar-refractivity contribution >= 4 is 27.5 Å². The molecule has 110 valence electrons. The number of nitrogens with one attached hydrogen (secondary N) is 1. The summed E-state index contributed by atoms with van der Waals surface area (Å²) >= 11 is 3.04. The Balaban J connectivity index is 2.28. The first-order valence-corrected chi connectivity index (χ1v) is 6.82. The van der Waals surface area contributed by atoms with E-state index >= 15 is 0 Å². The largest absolute Gasteiger partial charge is 0.497 e. The summed E-state index contributed by atoms with van der Waals surface area (Å²) < 4.78 is 32.3. The van der Waals surface area contributed by atoms with Gasteiger partial charge in [-0.2, -0.15) is 0 Å². The molecule has 2 aromatic carbocycles. The molecule has 0 spiro atoms. The van der Waals surface area contributed by atoms with Crippen molar-refractivity contribution in [3.8, 4) is 5.75 Å². The Hall–Kier alpha value is -1.95. The molecule has 21 heavy (non-hydrogen) atoms. The van der Waals surface area contributed by atoms with Crippen molar-refractivity contribution in [1.82, 2.24) is 0 Å². The van der Waals surface area contributed by atoms with Gasteiger partial charge >= 0.3 is 0 Å². The van der Waals surface area contributed by atoms with E-state index < -0.39 is 17.5 Å². The summed E-state index contributed by atoms with van der Waals surface area (Å²) in [4.78, 5) is 12.1. The molecule has 0 aliphatic heterocycles. The SMILES string of the molecule is COc1ccc(C(=O)Nc2cc(Br)c(F)cc2C)c(F)c1. The molecule has 0 bridgehead atoms. The molecule has 0 unspecified atom stereocenters. The number of benzene rings is 2. The Morgan fingerprint density at radius 3 is 2.52 bits per heavy atom. The van der Waals surface area contributed by atoms with Gasteiger partial charge in [0.25, 0.3) is 5.91 Å². The lowest BCUT2D eigenvalue weighted by atomic mass is 10.1. The number of hydrogen-bond donors (Lipinski definition) is 1. The molecule has 2 aromatic rings. The number of carbonyl (C=O) groups excluding carboxylic acids is 1. The molecule has 0 radical (unpaired) electrons. The van der Waals surface area contributed by atoms with Crippen molar-refractivity contribution in [3.05, 3.63) is 57.6 Å². The highest BCUT2D eigenvalue weighted by Crippen LogP contribution is 2.25. The zero-order valence-corrected chi connectivity index (χ0v) is 12.9. The van der Waals surface area contributed by atoms with Crippen molar-refractivity contribution in [2.45, 2.75) is 6.92 Å². The van der Waals surface area contributed by atoms with Gasteiger partial charge in [0, 0.05) is 11.8 Å². The van der Waals surface area contributed by atoms with Crippen LogP contribution >= 0.6 is 15.9 Å². The monoisotopic (exact) mass is 355 g/mol. The zero-order chi connectivity index (χ0) is 15.6. The van der Waals surface area contributed by atoms with Crippen LogP contribution in [0.4, 0.5) is 14.5 Å². The van der Waals surface area contributed by atoms with E-state index in [4.69, 9.17) is 4.74 Å². The van der Waals surface area contributed by atoms with E-state index in [-0.39, 0.29) is 10.0 Å². The van der Waals surface area contributed by atoms with E-state index in [0.29, 0.717) is 17.0 Å². The summed E-state index contributed by atoms with van der Waals surface area (Å²) in [7, 11) is 1.41. The third-order valence-corrected chi connectivity index (χ3v) is 3.54. The van der Waals surface area contributed by atoms with Crippen LogP contribution in [0.1, 0.15) is 15.9 Å². The summed E-state index contributed by atoms with van der Waals surface area (Å²) in [6.45, 7) is 1.65. The fourth-order valence-electron chi connectivity index (χ4n) is 1.78. The lowest BCUT2D eigenvalue weighted by Gasteiger charge is -2.10. The van der Waals surface area contributed by atoms with Crippen molar-refractivity contribution in [3.63, 3.8) is 0 Å². The predicted molar refractivity (Wildman–Crippen MR) is 79.7 cm³/mol. The van der Waals surface area contributed by atoms with Crippen LogP contribution in [-0.4, -0.2) is 13.0 Å². The number of aryl methyl sites for hydroxylation is 1. The van der Waals surface area contributed by atoms with Crippen LogP contribution in [-0.2, 0) is 0 Å². The summed E-state index contributed by atoms with van der Waals surface area (Å²) in [6, 6.07) is 6.67. The van der Waals surface area contributed by atoms with Crippen LogP contribution < -0.4 is 10.1 Å². The highest BCUT2D eigenvalue weighted by Gasteiger charge is 2.14. The van der Waals surface area contributed by atoms with Gasteiger partial charge < -0.3 is 10.1 Å². The molecular formula is C15H12BrF2NO2. The molecule has 0 aromatic heterocycles. The van der Waals surface area contributed by atoms with Gasteiger partial charge in [-0.05, 0) is 52.7 Å². The van der Waals surface area contributed by atoms with Gasteiger partial charge in [0.15, 0.2) is 0 Å². The van der Waals surface area contributed by atoms with Crippen molar-refractivity contribution in [2.75, 3.05) is 12.4 Å². The summed E-state index contributed by atoms with van der Waals surface area (Å²) in [5.74, 6) is -1.41. The Bertz CT molecular complexity index is 704. The number of hydrogen-bond acceptors (Lipinski definition) is 2. The first-order valence-electron chi connectivity index (χ1n) is 6.03. The lowest BCUT2D eigenvalue weighted by Crippen LogP contribution is -2.14. The first kappa shape index (κ1) is 15.4. The lowest BCUT2D eigenvalue weighted by molar-refractivity contribution is 0.102. The second kappa shape index (κ2) is 6.22. The van der Waals surface area contributed by atoms with Gasteiger partial charge in [0.05, 0.1) is 17.1 Å². The second-order valence-electron chi connectivity index (χ2n) is 4.38. The normalized spacial score (nSPS) is 10.3. The molecule has 0 atom stereocenters. The third-order valence-electron chi connectivity index (χ3n) is 2.94. The minimum absolute atomic E-state index is 0.115. The van der Waals surface area contributed by atoms with E-state index in [1.165, 1.54) is 31.4 Å². The molecule has 1 N–H and O–H groups in total. The number of anilines is 1. The molecule has 6 heteroatoms. The average Bonchev–Trinajstić information content (AvgIpc) is 2.44. The number of carbonyl (C=O) groups is 1. The highest BCUT2D eigenvalue weighted by atomic mass is 79.9. The molecule has 2 rings (SSSR count). The average molecular weight is 356 g/mol. The van der Waals surface area contributed by atoms with Crippen molar-refractivity contribution in [1.29, 1.82) is 0 Å². The number of rotatable bonds is 3. The van der Waals surface area contributed by atoms with Crippen LogP contribution in [0, 0.1) is 18.6 Å². The van der Waals surface area contributed by atoms with E-state index in [0.717, 1.165) is 6.07 Å². The van der Waals surface area contributed by atoms with Gasteiger partial charge in [-0.3, -0.25) is 4.79 Å². The number of halogens is 3. The van der Waals surface area contributed by atoms with Crippen LogP contribution in [0.5, 0.6) is 5.75 Å². The van der Waals surface area contributed by atoms with Crippen LogP contribution in [0.15, 0.2) is 34.8 Å². The highest BCUT2D eigenvalue weighted by molar-refractivity contribution is 9.10. The minimum atomic E-state index is -0.689. The number of methoxy groups -OCH3 is 1. The Morgan fingerprint density at radius 2 is 1.90 bits per heavy atom. The maximum Gasteiger partial charge on any atom is 0.258 e. The molecule has 0 aliphatic carbocycles. The molecule has 0 saturated heterocycles. The quantitative estimate of drug-likeness (QED) is 0.891. The second-order valence-corrected chi connectivity index (χ2v) is 5.24. The van der Waals surface area contributed by atoms with Gasteiger partial charge in [-0.1, -0.05) is 0 Å². The summed E-state index contributed by atoms with van der Waals surface area (Å²) in [5.41, 5.74) is 0.831. The Labute approximate surface area is 129 Å². The van der Waals surface area contributed by atoms with E-state index in [9.17, 15) is 13.6 Å². The molecule has 0 aliphatic rings. The Morgan fingerprint density at radius 1 is 1.19 bits per heavy atom. The van der Waals surface area contributed by atoms with Gasteiger partial charge in [-0.15, -0.1) is 0 Å². The topological polar surface area (TPSA) is 38.3 Å². The van der Waals surface area contributed by atoms with Gasteiger partial charge in [-0.25, -0.2) is 8.78 Å². The molecule has 3 nitrogen and oxygen atoms in total. The summed E-state index contributed by atoms with van der Waals surface area (Å²) in [6.07, 6.45) is 0. The number of ether oxygens (including phenoxy) is 1. The molecular weight excluding hydrogens is 344 g/mol. The smallest absolute Gasteiger partial charge is 0.258 e. The van der Waals surface area contributed by atoms with Crippen LogP contribution in [0.3, 0.4) is 0 Å². The fourth-order valence-corrected chi connectivity index (χ4v) is 2.12. The minimum Gasteiger partial charge on any atom is -0.497 e. The third kappa shape index (κ3) is 3.39. The van der Waals surface area contributed by atoms with E-state index in [2.05, 4.69) is 21.2 Å². The van der Waals surface area contributed by atoms with Crippen LogP contribution in [0.2, 0.25) is 0 Å². The van der Waals surface area contributed by atoms with Crippen molar-refractivity contribution < 1.29 is 18.3 Å². The Kier molecular flexibility index (Phi) is 4.57. The fraction of sp³-hybridized carbons (Fsp3) is 0.133. The molecule has 0 heterocycles. The van der Waals surface area contributed by atoms with E-state index in [1.54, 1.807) is 6.92 Å². The van der Waals surface area contributed by atoms with E-state index in [1.807, 2.05) is 0 Å². The zero-order valence-electron chi connectivity index (χ0n) is 11.3. The molecule has 0 saturated carbocycles. The van der Waals surface area contributed by atoms with Gasteiger partial charge in [0.1, 0.15) is 17.4 Å². The molecule has 1 amide bonds. The molecule has 0 fully saturated rings. The predicted octanol–water partition coefficient (Wildman–Crippen LogP) is 4.30. The standard InChI is InChI=1S/C15H12BrF2NO2/c1-8-5-13(18)11(16)7-14(8)19-15(20)10-4-3-9(21-2)6-12(10)17/h3-7H,1-2H3,(H,19,20). The first-order chi connectivity index (χ1) is 9.92. The number of amides is 1. The maximum atomic E-state index is 13.8. The summed E-state index contributed by atoms with van der Waals surface area (Å²) in [5, 5.41) is 2.56. The van der Waals surface area contributed by atoms with Crippen LogP contribution in [0.25, 0.3) is 0 Å². The van der Waals surface area contributed by atoms with Gasteiger partial charge in [0.2, 0.25) is 0 Å².